The molecule has 4 aromatic rings. The van der Waals surface area contributed by atoms with Crippen molar-refractivity contribution < 1.29 is 27.8 Å². The van der Waals surface area contributed by atoms with Gasteiger partial charge in [-0.2, -0.15) is 4.98 Å². The maximum atomic E-state index is 13.3. The molecule has 0 saturated heterocycles. The number of carboxylic acids is 1. The second kappa shape index (κ2) is 15.7. The van der Waals surface area contributed by atoms with E-state index in [9.17, 15) is 18.3 Å². The van der Waals surface area contributed by atoms with Gasteiger partial charge >= 0.3 is 5.97 Å². The van der Waals surface area contributed by atoms with E-state index >= 15 is 0 Å². The maximum Gasteiger partial charge on any atom is 0.335 e. The Bertz CT molecular complexity index is 1850. The van der Waals surface area contributed by atoms with Crippen molar-refractivity contribution in [2.45, 2.75) is 76.6 Å². The highest BCUT2D eigenvalue weighted by Gasteiger charge is 2.24. The van der Waals surface area contributed by atoms with Crippen LogP contribution in [0.25, 0.3) is 11.3 Å². The van der Waals surface area contributed by atoms with Gasteiger partial charge in [0.2, 0.25) is 11.8 Å². The van der Waals surface area contributed by atoms with E-state index in [0.29, 0.717) is 24.9 Å². The lowest BCUT2D eigenvalue weighted by atomic mass is 9.92. The van der Waals surface area contributed by atoms with Crippen LogP contribution in [0.1, 0.15) is 60.3 Å². The molecular weight excluding hydrogens is 646 g/mol. The third-order valence-corrected chi connectivity index (χ3v) is 9.69. The number of benzene rings is 2. The molecule has 0 bridgehead atoms. The van der Waals surface area contributed by atoms with Crippen molar-refractivity contribution in [1.29, 1.82) is 0 Å². The second-order valence-corrected chi connectivity index (χ2v) is 14.1. The average molecular weight is 690 g/mol. The lowest BCUT2D eigenvalue weighted by molar-refractivity contribution is 0.0491. The van der Waals surface area contributed by atoms with E-state index < -0.39 is 16.0 Å². The van der Waals surface area contributed by atoms with Crippen molar-refractivity contribution in [3.8, 4) is 17.1 Å². The van der Waals surface area contributed by atoms with Gasteiger partial charge in [-0.05, 0) is 76.3 Å². The zero-order chi connectivity index (χ0) is 35.1. The fourth-order valence-electron chi connectivity index (χ4n) is 5.36. The Hall–Kier alpha value is -4.66. The number of nitrogens with one attached hydrogen (secondary N) is 2. The summed E-state index contributed by atoms with van der Waals surface area (Å²) in [6.07, 6.45) is 7.14. The Balaban J connectivity index is 1.37. The molecule has 1 atom stereocenters. The van der Waals surface area contributed by atoms with E-state index in [2.05, 4.69) is 41.9 Å². The minimum Gasteiger partial charge on any atom is -0.478 e. The number of nitrogens with zero attached hydrogens (tertiary/aromatic N) is 5. The minimum absolute atomic E-state index is 0.0132. The van der Waals surface area contributed by atoms with Crippen LogP contribution in [0.2, 0.25) is 0 Å². The van der Waals surface area contributed by atoms with E-state index in [1.165, 1.54) is 37.5 Å². The Labute approximate surface area is 287 Å². The van der Waals surface area contributed by atoms with Gasteiger partial charge in [0.1, 0.15) is 12.4 Å². The number of sulfonamides is 1. The maximum absolute atomic E-state index is 13.3. The number of aromatic carboxylic acids is 1. The molecule has 1 aliphatic carbocycles. The Morgan fingerprint density at radius 1 is 1.02 bits per heavy atom. The lowest BCUT2D eigenvalue weighted by Gasteiger charge is -2.35. The van der Waals surface area contributed by atoms with Crippen molar-refractivity contribution in [2.75, 3.05) is 29.9 Å². The molecule has 13 nitrogen and oxygen atoms in total. The van der Waals surface area contributed by atoms with Gasteiger partial charge in [0.25, 0.3) is 10.0 Å². The predicted octanol–water partition coefficient (Wildman–Crippen LogP) is 5.00. The van der Waals surface area contributed by atoms with Crippen LogP contribution < -0.4 is 19.7 Å². The summed E-state index contributed by atoms with van der Waals surface area (Å²) in [5.74, 6) is -0.475. The number of rotatable bonds is 16. The second-order valence-electron chi connectivity index (χ2n) is 12.5. The molecule has 1 fully saturated rings. The standard InChI is InChI=1S/C35H43N7O6S/c1-22(2)47-20-27(36-17-26-18-38-31(19-37-26)42(5)28-12-8-13-28)21-48-32-16-30(33-23(3)9-6-10-24(33)4)39-35(40-32)41-49(45,46)29-14-7-11-25(15-29)34(43)44/h6-7,9-11,14-16,18-19,22,27-28,36H,8,12-13,17,20-21H2,1-5H3,(H,43,44)(H,39,40,41)/t27-/m1/s1. The van der Waals surface area contributed by atoms with Gasteiger partial charge in [-0.25, -0.2) is 27.9 Å². The Morgan fingerprint density at radius 2 is 1.76 bits per heavy atom. The summed E-state index contributed by atoms with van der Waals surface area (Å²) in [4.78, 5) is 31.6. The fraction of sp³-hybridized carbons (Fsp3) is 0.400. The minimum atomic E-state index is -4.25. The van der Waals surface area contributed by atoms with E-state index in [4.69, 9.17) is 9.47 Å². The zero-order valence-electron chi connectivity index (χ0n) is 28.4. The highest BCUT2D eigenvalue weighted by Crippen LogP contribution is 2.30. The summed E-state index contributed by atoms with van der Waals surface area (Å²) in [6, 6.07) is 12.8. The van der Waals surface area contributed by atoms with Gasteiger partial charge in [-0.1, -0.05) is 24.3 Å². The predicted molar refractivity (Wildman–Crippen MR) is 186 cm³/mol. The molecule has 5 rings (SSSR count). The SMILES string of the molecule is Cc1cccc(C)c1-c1cc(OC[C@@H](COC(C)C)NCc2cnc(N(C)C3CCC3)cn2)nc(NS(=O)(=O)c2cccc(C(=O)O)c2)n1. The van der Waals surface area contributed by atoms with Crippen molar-refractivity contribution in [2.24, 2.45) is 0 Å². The van der Waals surface area contributed by atoms with Crippen LogP contribution >= 0.6 is 0 Å². The molecular formula is C35H43N7O6S. The number of anilines is 2. The van der Waals surface area contributed by atoms with Crippen LogP contribution in [0.5, 0.6) is 5.88 Å². The fourth-order valence-corrected chi connectivity index (χ4v) is 6.35. The van der Waals surface area contributed by atoms with Gasteiger partial charge in [-0.3, -0.25) is 4.98 Å². The molecule has 1 saturated carbocycles. The molecule has 2 aromatic carbocycles. The monoisotopic (exact) mass is 689 g/mol. The van der Waals surface area contributed by atoms with Gasteiger partial charge in [-0.15, -0.1) is 0 Å². The van der Waals surface area contributed by atoms with E-state index in [-0.39, 0.29) is 41.0 Å². The van der Waals surface area contributed by atoms with Crippen molar-refractivity contribution in [1.82, 2.24) is 25.3 Å². The quantitative estimate of drug-likeness (QED) is 0.144. The number of hydrogen-bond acceptors (Lipinski definition) is 11. The van der Waals surface area contributed by atoms with E-state index in [0.717, 1.165) is 34.3 Å². The largest absolute Gasteiger partial charge is 0.478 e. The summed E-state index contributed by atoms with van der Waals surface area (Å²) >= 11 is 0. The molecule has 2 aromatic heterocycles. The Kier molecular flexibility index (Phi) is 11.4. The van der Waals surface area contributed by atoms with E-state index in [1.54, 1.807) is 18.5 Å². The molecule has 49 heavy (non-hydrogen) atoms. The topological polar surface area (TPSA) is 169 Å². The molecule has 1 aliphatic rings. The summed E-state index contributed by atoms with van der Waals surface area (Å²) in [5.41, 5.74) is 3.74. The lowest BCUT2D eigenvalue weighted by Crippen LogP contribution is -2.39. The first-order valence-electron chi connectivity index (χ1n) is 16.2. The van der Waals surface area contributed by atoms with E-state index in [1.807, 2.05) is 45.9 Å². The number of hydrogen-bond donors (Lipinski definition) is 3. The third-order valence-electron chi connectivity index (χ3n) is 8.37. The highest BCUT2D eigenvalue weighted by atomic mass is 32.2. The van der Waals surface area contributed by atoms with Crippen LogP contribution in [0, 0.1) is 13.8 Å². The first-order valence-corrected chi connectivity index (χ1v) is 17.7. The first-order chi connectivity index (χ1) is 23.4. The summed E-state index contributed by atoms with van der Waals surface area (Å²) in [7, 11) is -2.20. The van der Waals surface area contributed by atoms with Gasteiger partial charge in [0, 0.05) is 31.3 Å². The van der Waals surface area contributed by atoms with Crippen LogP contribution in [0.15, 0.2) is 65.8 Å². The number of carboxylic acid groups (broad SMARTS) is 1. The van der Waals surface area contributed by atoms with Crippen molar-refractivity contribution >= 4 is 27.8 Å². The van der Waals surface area contributed by atoms with Crippen LogP contribution in [-0.2, 0) is 21.3 Å². The first kappa shape index (κ1) is 35.6. The summed E-state index contributed by atoms with van der Waals surface area (Å²) in [6.45, 7) is 8.68. The average Bonchev–Trinajstić information content (AvgIpc) is 3.03. The third kappa shape index (κ3) is 9.28. The molecule has 0 radical (unpaired) electrons. The smallest absolute Gasteiger partial charge is 0.335 e. The molecule has 0 amide bonds. The zero-order valence-corrected chi connectivity index (χ0v) is 29.2. The van der Waals surface area contributed by atoms with Gasteiger partial charge < -0.3 is 24.8 Å². The number of aryl methyl sites for hydroxylation is 2. The van der Waals surface area contributed by atoms with Gasteiger partial charge in [0.15, 0.2) is 0 Å². The molecule has 2 heterocycles. The molecule has 0 unspecified atom stereocenters. The van der Waals surface area contributed by atoms with Crippen molar-refractivity contribution in [3.63, 3.8) is 0 Å². The number of aromatic nitrogens is 4. The number of ether oxygens (including phenoxy) is 2. The molecule has 0 aliphatic heterocycles. The highest BCUT2D eigenvalue weighted by molar-refractivity contribution is 7.92. The summed E-state index contributed by atoms with van der Waals surface area (Å²) < 4.78 is 41.2. The number of carbonyl (C=O) groups is 1. The molecule has 260 valence electrons. The van der Waals surface area contributed by atoms with Crippen LogP contribution in [-0.4, -0.2) is 77.9 Å². The normalized spacial score (nSPS) is 13.9. The molecule has 3 N–H and O–H groups in total. The van der Waals surface area contributed by atoms with Crippen LogP contribution in [0.4, 0.5) is 11.8 Å². The van der Waals surface area contributed by atoms with Crippen LogP contribution in [0.3, 0.4) is 0 Å². The summed E-state index contributed by atoms with van der Waals surface area (Å²) in [5, 5.41) is 12.8. The van der Waals surface area contributed by atoms with Gasteiger partial charge in [0.05, 0.1) is 53.0 Å². The van der Waals surface area contributed by atoms with Crippen molar-refractivity contribution in [3.05, 3.63) is 83.3 Å². The molecule has 0 spiro atoms. The Morgan fingerprint density at radius 3 is 2.39 bits per heavy atom. The molecule has 14 heteroatoms.